The molecule has 1 aliphatic rings. The van der Waals surface area contributed by atoms with Crippen LogP contribution in [0.3, 0.4) is 0 Å². The zero-order valence-electron chi connectivity index (χ0n) is 22.6. The number of carbonyl (C=O) groups excluding carboxylic acids is 1. The van der Waals surface area contributed by atoms with Crippen LogP contribution in [0.2, 0.25) is 5.02 Å². The Morgan fingerprint density at radius 2 is 1.79 bits per heavy atom. The summed E-state index contributed by atoms with van der Waals surface area (Å²) in [7, 11) is 0. The number of allylic oxidation sites excluding steroid dienone is 1. The number of nitro benzene ring substituents is 2. The van der Waals surface area contributed by atoms with Gasteiger partial charge in [0, 0.05) is 16.7 Å². The highest BCUT2D eigenvalue weighted by Gasteiger charge is 2.34. The third-order valence-electron chi connectivity index (χ3n) is 6.49. The second kappa shape index (κ2) is 12.0. The van der Waals surface area contributed by atoms with Crippen molar-refractivity contribution in [2.75, 3.05) is 6.61 Å². The third kappa shape index (κ3) is 5.67. The fourth-order valence-electron chi connectivity index (χ4n) is 4.58. The molecule has 0 saturated heterocycles. The molecule has 0 amide bonds. The highest BCUT2D eigenvalue weighted by molar-refractivity contribution is 7.07. The quantitative estimate of drug-likeness (QED) is 0.150. The van der Waals surface area contributed by atoms with E-state index in [4.69, 9.17) is 21.1 Å². The molecule has 14 heteroatoms. The Hall–Kier alpha value is -5.14. The normalized spacial score (nSPS) is 14.6. The standard InChI is InChI=1S/C29H21ClN4O8S/c1-3-41-28(36)25-16(2)31-29-32(26(25)19-9-5-6-10-20(19)30)27(35)24(43-29)14-17-8-4-7-11-22(17)42-23-13-12-18(33(37)38)15-21(23)34(39)40/h4-15,26H,3H2,1-2H3/b24-14+/t26-/m1/s1. The van der Waals surface area contributed by atoms with E-state index in [9.17, 15) is 29.8 Å². The summed E-state index contributed by atoms with van der Waals surface area (Å²) in [5.41, 5.74) is -0.0314. The lowest BCUT2D eigenvalue weighted by Crippen LogP contribution is -2.40. The molecule has 0 saturated carbocycles. The van der Waals surface area contributed by atoms with E-state index in [-0.39, 0.29) is 28.2 Å². The average Bonchev–Trinajstić information content (AvgIpc) is 3.27. The van der Waals surface area contributed by atoms with Crippen molar-refractivity contribution in [3.63, 3.8) is 0 Å². The molecule has 0 aliphatic carbocycles. The Kier molecular flexibility index (Phi) is 8.19. The number of halogens is 1. The van der Waals surface area contributed by atoms with Crippen LogP contribution < -0.4 is 19.6 Å². The number of nitrogens with zero attached hydrogens (tertiary/aromatic N) is 4. The van der Waals surface area contributed by atoms with E-state index in [1.807, 2.05) is 0 Å². The van der Waals surface area contributed by atoms with Crippen LogP contribution in [0.1, 0.15) is 31.0 Å². The lowest BCUT2D eigenvalue weighted by Gasteiger charge is -2.25. The number of thiazole rings is 1. The molecule has 0 bridgehead atoms. The van der Waals surface area contributed by atoms with Gasteiger partial charge >= 0.3 is 11.7 Å². The minimum absolute atomic E-state index is 0.124. The van der Waals surface area contributed by atoms with Gasteiger partial charge in [-0.1, -0.05) is 59.3 Å². The Labute approximate surface area is 251 Å². The molecule has 0 N–H and O–H groups in total. The summed E-state index contributed by atoms with van der Waals surface area (Å²) >= 11 is 7.62. The molecule has 12 nitrogen and oxygen atoms in total. The van der Waals surface area contributed by atoms with Gasteiger partial charge in [0.1, 0.15) is 11.8 Å². The van der Waals surface area contributed by atoms with E-state index in [1.54, 1.807) is 68.5 Å². The number of hydrogen-bond acceptors (Lipinski definition) is 10. The molecular formula is C29H21ClN4O8S. The predicted octanol–water partition coefficient (Wildman–Crippen LogP) is 5.06. The summed E-state index contributed by atoms with van der Waals surface area (Å²) in [5, 5.41) is 23.1. The van der Waals surface area contributed by atoms with Crippen molar-refractivity contribution in [3.05, 3.63) is 134 Å². The number of rotatable bonds is 8. The molecule has 3 aromatic carbocycles. The lowest BCUT2D eigenvalue weighted by molar-refractivity contribution is -0.394. The van der Waals surface area contributed by atoms with Gasteiger partial charge in [-0.15, -0.1) is 0 Å². The fourth-order valence-corrected chi connectivity index (χ4v) is 5.86. The summed E-state index contributed by atoms with van der Waals surface area (Å²) in [6.45, 7) is 3.46. The maximum absolute atomic E-state index is 13.9. The second-order valence-electron chi connectivity index (χ2n) is 9.13. The van der Waals surface area contributed by atoms with Crippen LogP contribution in [0.5, 0.6) is 11.5 Å². The van der Waals surface area contributed by atoms with Gasteiger partial charge in [-0.25, -0.2) is 9.79 Å². The minimum atomic E-state index is -0.902. The Balaban J connectivity index is 1.65. The number of para-hydroxylation sites is 1. The number of hydrogen-bond donors (Lipinski definition) is 0. The smallest absolute Gasteiger partial charge is 0.338 e. The number of benzene rings is 3. The number of carbonyl (C=O) groups is 1. The van der Waals surface area contributed by atoms with Crippen molar-refractivity contribution in [2.24, 2.45) is 4.99 Å². The van der Waals surface area contributed by atoms with Crippen molar-refractivity contribution in [1.29, 1.82) is 0 Å². The molecule has 0 fully saturated rings. The van der Waals surface area contributed by atoms with E-state index in [1.165, 1.54) is 4.57 Å². The highest BCUT2D eigenvalue weighted by Crippen LogP contribution is 2.36. The molecule has 0 unspecified atom stereocenters. The van der Waals surface area contributed by atoms with E-state index in [0.717, 1.165) is 29.5 Å². The first kappa shape index (κ1) is 29.4. The summed E-state index contributed by atoms with van der Waals surface area (Å²) < 4.78 is 12.8. The number of ether oxygens (including phenoxy) is 2. The first-order valence-corrected chi connectivity index (χ1v) is 13.9. The van der Waals surface area contributed by atoms with Gasteiger partial charge in [-0.2, -0.15) is 0 Å². The number of esters is 1. The highest BCUT2D eigenvalue weighted by atomic mass is 35.5. The monoisotopic (exact) mass is 620 g/mol. The summed E-state index contributed by atoms with van der Waals surface area (Å²) in [4.78, 5) is 53.1. The van der Waals surface area contributed by atoms with E-state index in [2.05, 4.69) is 4.99 Å². The van der Waals surface area contributed by atoms with Crippen molar-refractivity contribution in [2.45, 2.75) is 19.9 Å². The second-order valence-corrected chi connectivity index (χ2v) is 10.5. The molecule has 218 valence electrons. The molecule has 1 aromatic heterocycles. The Morgan fingerprint density at radius 1 is 1.07 bits per heavy atom. The first-order chi connectivity index (χ1) is 20.6. The van der Waals surface area contributed by atoms with Crippen LogP contribution in [-0.4, -0.2) is 27.0 Å². The molecule has 1 atom stereocenters. The Morgan fingerprint density at radius 3 is 2.49 bits per heavy atom. The first-order valence-electron chi connectivity index (χ1n) is 12.7. The predicted molar refractivity (Wildman–Crippen MR) is 158 cm³/mol. The molecule has 43 heavy (non-hydrogen) atoms. The average molecular weight is 621 g/mol. The number of nitro groups is 2. The van der Waals surface area contributed by atoms with Crippen LogP contribution in [0.4, 0.5) is 11.4 Å². The molecule has 4 aromatic rings. The SMILES string of the molecule is CCOC(=O)C1=C(C)N=c2s/c(=C/c3ccccc3Oc3ccc([N+](=O)[O-])cc3[N+](=O)[O-])c(=O)n2[C@@H]1c1ccccc1Cl. The zero-order chi connectivity index (χ0) is 30.8. The number of non-ortho nitro benzene ring substituents is 1. The zero-order valence-corrected chi connectivity index (χ0v) is 24.1. The topological polar surface area (TPSA) is 156 Å². The largest absolute Gasteiger partial charge is 0.463 e. The summed E-state index contributed by atoms with van der Waals surface area (Å²) in [6, 6.07) is 15.5. The van der Waals surface area contributed by atoms with Crippen molar-refractivity contribution in [1.82, 2.24) is 4.57 Å². The van der Waals surface area contributed by atoms with E-state index >= 15 is 0 Å². The van der Waals surface area contributed by atoms with Crippen LogP contribution in [0.25, 0.3) is 6.08 Å². The van der Waals surface area contributed by atoms with Crippen molar-refractivity contribution in [3.8, 4) is 11.5 Å². The molecule has 2 heterocycles. The van der Waals surface area contributed by atoms with Gasteiger partial charge < -0.3 is 9.47 Å². The van der Waals surface area contributed by atoms with Gasteiger partial charge in [0.2, 0.25) is 5.75 Å². The molecule has 5 rings (SSSR count). The van der Waals surface area contributed by atoms with Gasteiger partial charge in [-0.3, -0.25) is 29.6 Å². The van der Waals surface area contributed by atoms with Crippen LogP contribution >= 0.6 is 22.9 Å². The van der Waals surface area contributed by atoms with Gasteiger partial charge in [0.25, 0.3) is 11.2 Å². The maximum Gasteiger partial charge on any atom is 0.338 e. The van der Waals surface area contributed by atoms with E-state index < -0.39 is 38.8 Å². The lowest BCUT2D eigenvalue weighted by atomic mass is 9.96. The minimum Gasteiger partial charge on any atom is -0.463 e. The van der Waals surface area contributed by atoms with Crippen molar-refractivity contribution < 1.29 is 24.1 Å². The van der Waals surface area contributed by atoms with Crippen LogP contribution in [0, 0.1) is 20.2 Å². The summed E-state index contributed by atoms with van der Waals surface area (Å²) in [5.74, 6) is -0.672. The molecule has 1 aliphatic heterocycles. The van der Waals surface area contributed by atoms with Crippen LogP contribution in [0.15, 0.2) is 87.8 Å². The molecular weight excluding hydrogens is 600 g/mol. The van der Waals surface area contributed by atoms with Gasteiger partial charge in [0.05, 0.1) is 38.3 Å². The molecule has 0 spiro atoms. The Bertz CT molecular complexity index is 2020. The number of fused-ring (bicyclic) bond motifs is 1. The van der Waals surface area contributed by atoms with Crippen LogP contribution in [-0.2, 0) is 9.53 Å². The third-order valence-corrected chi connectivity index (χ3v) is 7.82. The van der Waals surface area contributed by atoms with Crippen molar-refractivity contribution >= 4 is 46.4 Å². The maximum atomic E-state index is 13.9. The van der Waals surface area contributed by atoms with Gasteiger partial charge in [-0.05, 0) is 43.7 Å². The fraction of sp³-hybridized carbons (Fsp3) is 0.138. The molecule has 0 radical (unpaired) electrons. The summed E-state index contributed by atoms with van der Waals surface area (Å²) in [6.07, 6.45) is 1.55. The van der Waals surface area contributed by atoms with Gasteiger partial charge in [0.15, 0.2) is 4.80 Å². The van der Waals surface area contributed by atoms with E-state index in [0.29, 0.717) is 26.6 Å². The number of aromatic nitrogens is 1.